The van der Waals surface area contributed by atoms with Crippen LogP contribution in [0.4, 0.5) is 5.69 Å². The predicted molar refractivity (Wildman–Crippen MR) is 97.9 cm³/mol. The topological polar surface area (TPSA) is 58.8 Å². The molecular formula is C20H25N3O3. The SMILES string of the molecule is Cc1ccc(N2CCO[C@H]3CN(Cc4ccc(C)o4)CC[C@H]3C2=O)cn1. The first kappa shape index (κ1) is 17.2. The van der Waals surface area contributed by atoms with E-state index in [4.69, 9.17) is 9.15 Å². The molecular weight excluding hydrogens is 330 g/mol. The Bertz CT molecular complexity index is 771. The van der Waals surface area contributed by atoms with Gasteiger partial charge in [-0.15, -0.1) is 0 Å². The summed E-state index contributed by atoms with van der Waals surface area (Å²) in [6.45, 7) is 7.43. The van der Waals surface area contributed by atoms with E-state index in [1.54, 1.807) is 6.20 Å². The molecule has 2 fully saturated rings. The number of pyridine rings is 1. The molecule has 4 heterocycles. The van der Waals surface area contributed by atoms with Gasteiger partial charge >= 0.3 is 0 Å². The van der Waals surface area contributed by atoms with E-state index in [-0.39, 0.29) is 17.9 Å². The lowest BCUT2D eigenvalue weighted by Crippen LogP contribution is -2.49. The van der Waals surface area contributed by atoms with Gasteiger partial charge in [0.15, 0.2) is 0 Å². The zero-order chi connectivity index (χ0) is 18.1. The highest BCUT2D eigenvalue weighted by Gasteiger charge is 2.39. The van der Waals surface area contributed by atoms with Crippen LogP contribution in [0, 0.1) is 19.8 Å². The number of furan rings is 1. The fourth-order valence-corrected chi connectivity index (χ4v) is 3.85. The number of aryl methyl sites for hydroxylation is 2. The maximum atomic E-state index is 13.1. The molecule has 6 heteroatoms. The van der Waals surface area contributed by atoms with Crippen LogP contribution in [0.25, 0.3) is 0 Å². The number of fused-ring (bicyclic) bond motifs is 1. The van der Waals surface area contributed by atoms with Crippen LogP contribution in [0.1, 0.15) is 23.6 Å². The summed E-state index contributed by atoms with van der Waals surface area (Å²) in [4.78, 5) is 21.6. The largest absolute Gasteiger partial charge is 0.465 e. The quantitative estimate of drug-likeness (QED) is 0.847. The molecule has 2 aromatic heterocycles. The van der Waals surface area contributed by atoms with E-state index in [9.17, 15) is 4.79 Å². The van der Waals surface area contributed by atoms with Crippen molar-refractivity contribution in [2.75, 3.05) is 31.1 Å². The molecule has 0 radical (unpaired) electrons. The second-order valence-electron chi connectivity index (χ2n) is 7.20. The summed E-state index contributed by atoms with van der Waals surface area (Å²) in [5.41, 5.74) is 1.81. The predicted octanol–water partition coefficient (Wildman–Crippen LogP) is 2.55. The lowest BCUT2D eigenvalue weighted by molar-refractivity contribution is -0.128. The van der Waals surface area contributed by atoms with Crippen molar-refractivity contribution in [3.05, 3.63) is 47.7 Å². The van der Waals surface area contributed by atoms with E-state index in [0.29, 0.717) is 13.2 Å². The number of carbonyl (C=O) groups is 1. The van der Waals surface area contributed by atoms with Gasteiger partial charge in [-0.3, -0.25) is 14.7 Å². The Morgan fingerprint density at radius 1 is 1.19 bits per heavy atom. The first-order valence-corrected chi connectivity index (χ1v) is 9.23. The Hall–Kier alpha value is -2.18. The van der Waals surface area contributed by atoms with E-state index in [0.717, 1.165) is 49.0 Å². The second-order valence-corrected chi connectivity index (χ2v) is 7.20. The van der Waals surface area contributed by atoms with Gasteiger partial charge in [0.05, 0.1) is 37.1 Å². The molecule has 26 heavy (non-hydrogen) atoms. The summed E-state index contributed by atoms with van der Waals surface area (Å²) in [6, 6.07) is 7.92. The maximum absolute atomic E-state index is 13.1. The van der Waals surface area contributed by atoms with Gasteiger partial charge in [-0.2, -0.15) is 0 Å². The molecule has 2 aromatic rings. The Balaban J connectivity index is 1.45. The van der Waals surface area contributed by atoms with Gasteiger partial charge in [0.25, 0.3) is 0 Å². The molecule has 2 atom stereocenters. The highest BCUT2D eigenvalue weighted by Crippen LogP contribution is 2.28. The molecule has 0 unspecified atom stereocenters. The van der Waals surface area contributed by atoms with Crippen molar-refractivity contribution in [2.24, 2.45) is 5.92 Å². The molecule has 2 aliphatic heterocycles. The lowest BCUT2D eigenvalue weighted by Gasteiger charge is -2.36. The third-order valence-electron chi connectivity index (χ3n) is 5.26. The van der Waals surface area contributed by atoms with Crippen LogP contribution in [-0.4, -0.2) is 48.1 Å². The minimum Gasteiger partial charge on any atom is -0.465 e. The second kappa shape index (κ2) is 7.21. The summed E-state index contributed by atoms with van der Waals surface area (Å²) in [5.74, 6) is 1.96. The highest BCUT2D eigenvalue weighted by molar-refractivity contribution is 5.95. The normalized spacial score (nSPS) is 24.4. The van der Waals surface area contributed by atoms with Gasteiger partial charge in [0.1, 0.15) is 11.5 Å². The standard InChI is InChI=1S/C20H25N3O3/c1-14-3-5-16(11-21-14)23-9-10-25-19-13-22(8-7-18(19)20(23)24)12-17-6-4-15(2)26-17/h3-6,11,18-19H,7-10,12-13H2,1-2H3/t18-,19+/m1/s1. The fourth-order valence-electron chi connectivity index (χ4n) is 3.85. The van der Waals surface area contributed by atoms with Crippen molar-refractivity contribution in [3.63, 3.8) is 0 Å². The summed E-state index contributed by atoms with van der Waals surface area (Å²) in [7, 11) is 0. The van der Waals surface area contributed by atoms with Crippen molar-refractivity contribution in [3.8, 4) is 0 Å². The van der Waals surface area contributed by atoms with Gasteiger partial charge in [-0.05, 0) is 51.1 Å². The van der Waals surface area contributed by atoms with Gasteiger partial charge in [-0.1, -0.05) is 0 Å². The number of hydrogen-bond donors (Lipinski definition) is 0. The molecule has 138 valence electrons. The van der Waals surface area contributed by atoms with Crippen molar-refractivity contribution in [2.45, 2.75) is 32.9 Å². The average Bonchev–Trinajstić information content (AvgIpc) is 2.96. The van der Waals surface area contributed by atoms with E-state index in [2.05, 4.69) is 9.88 Å². The molecule has 6 nitrogen and oxygen atoms in total. The van der Waals surface area contributed by atoms with Crippen LogP contribution >= 0.6 is 0 Å². The van der Waals surface area contributed by atoms with Crippen molar-refractivity contribution in [1.82, 2.24) is 9.88 Å². The molecule has 0 aliphatic carbocycles. The molecule has 0 bridgehead atoms. The number of anilines is 1. The average molecular weight is 355 g/mol. The third-order valence-corrected chi connectivity index (χ3v) is 5.26. The first-order chi connectivity index (χ1) is 12.6. The van der Waals surface area contributed by atoms with Crippen LogP contribution < -0.4 is 4.90 Å². The highest BCUT2D eigenvalue weighted by atomic mass is 16.5. The number of nitrogens with zero attached hydrogens (tertiary/aromatic N) is 3. The van der Waals surface area contributed by atoms with Gasteiger partial charge in [0, 0.05) is 18.8 Å². The molecule has 0 saturated carbocycles. The van der Waals surface area contributed by atoms with E-state index in [1.807, 2.05) is 43.0 Å². The minimum atomic E-state index is -0.0895. The Morgan fingerprint density at radius 3 is 2.81 bits per heavy atom. The molecule has 0 N–H and O–H groups in total. The summed E-state index contributed by atoms with van der Waals surface area (Å²) >= 11 is 0. The number of aromatic nitrogens is 1. The monoisotopic (exact) mass is 355 g/mol. The molecule has 0 spiro atoms. The fraction of sp³-hybridized carbons (Fsp3) is 0.500. The molecule has 4 rings (SSSR count). The van der Waals surface area contributed by atoms with E-state index in [1.165, 1.54) is 0 Å². The summed E-state index contributed by atoms with van der Waals surface area (Å²) in [6.07, 6.45) is 2.52. The number of likely N-dealkylation sites (tertiary alicyclic amines) is 1. The molecule has 1 amide bonds. The minimum absolute atomic E-state index is 0.0595. The number of carbonyl (C=O) groups excluding carboxylic acids is 1. The van der Waals surface area contributed by atoms with Crippen molar-refractivity contribution >= 4 is 11.6 Å². The number of rotatable bonds is 3. The Kier molecular flexibility index (Phi) is 4.78. The first-order valence-electron chi connectivity index (χ1n) is 9.23. The maximum Gasteiger partial charge on any atom is 0.232 e. The van der Waals surface area contributed by atoms with Crippen LogP contribution in [-0.2, 0) is 16.1 Å². The number of ether oxygens (including phenoxy) is 1. The number of hydrogen-bond acceptors (Lipinski definition) is 5. The van der Waals surface area contributed by atoms with Crippen LogP contribution in [0.5, 0.6) is 0 Å². The zero-order valence-electron chi connectivity index (χ0n) is 15.4. The number of piperidine rings is 1. The van der Waals surface area contributed by atoms with Crippen LogP contribution in [0.3, 0.4) is 0 Å². The molecule has 0 aromatic carbocycles. The van der Waals surface area contributed by atoms with Crippen molar-refractivity contribution < 1.29 is 13.9 Å². The molecule has 2 aliphatic rings. The van der Waals surface area contributed by atoms with E-state index < -0.39 is 0 Å². The van der Waals surface area contributed by atoms with Crippen LogP contribution in [0.15, 0.2) is 34.9 Å². The summed E-state index contributed by atoms with van der Waals surface area (Å²) in [5, 5.41) is 0. The van der Waals surface area contributed by atoms with Crippen molar-refractivity contribution in [1.29, 1.82) is 0 Å². The third kappa shape index (κ3) is 3.52. The van der Waals surface area contributed by atoms with E-state index >= 15 is 0 Å². The molecule has 2 saturated heterocycles. The van der Waals surface area contributed by atoms with Crippen LogP contribution in [0.2, 0.25) is 0 Å². The van der Waals surface area contributed by atoms with Gasteiger partial charge in [0.2, 0.25) is 5.91 Å². The smallest absolute Gasteiger partial charge is 0.232 e. The Morgan fingerprint density at radius 2 is 2.08 bits per heavy atom. The zero-order valence-corrected chi connectivity index (χ0v) is 15.4. The lowest BCUT2D eigenvalue weighted by atomic mass is 9.92. The Labute approximate surface area is 153 Å². The van der Waals surface area contributed by atoms with Gasteiger partial charge in [-0.25, -0.2) is 0 Å². The number of amides is 1. The van der Waals surface area contributed by atoms with Gasteiger partial charge < -0.3 is 14.1 Å². The summed E-state index contributed by atoms with van der Waals surface area (Å²) < 4.78 is 11.8.